The molecule has 0 bridgehead atoms. The van der Waals surface area contributed by atoms with Crippen molar-refractivity contribution < 1.29 is 5.11 Å². The summed E-state index contributed by atoms with van der Waals surface area (Å²) in [6.07, 6.45) is 4.58. The fraction of sp³-hybridized carbons (Fsp3) is 0.545. The molecule has 1 aromatic rings. The van der Waals surface area contributed by atoms with Gasteiger partial charge < -0.3 is 5.11 Å². The van der Waals surface area contributed by atoms with Gasteiger partial charge in [0.15, 0.2) is 0 Å². The van der Waals surface area contributed by atoms with E-state index in [2.05, 4.69) is 24.9 Å². The summed E-state index contributed by atoms with van der Waals surface area (Å²) in [6.45, 7) is 6.34. The molecule has 1 N–H and O–H groups in total. The molecule has 0 saturated heterocycles. The van der Waals surface area contributed by atoms with E-state index in [0.717, 1.165) is 6.42 Å². The molecule has 0 aliphatic heterocycles. The lowest BCUT2D eigenvalue weighted by Gasteiger charge is -2.21. The van der Waals surface area contributed by atoms with Crippen LogP contribution in [0.4, 0.5) is 0 Å². The number of nitrogens with zero attached hydrogens (tertiary/aromatic N) is 1. The monoisotopic (exact) mass is 179 g/mol. The molecule has 1 heterocycles. The lowest BCUT2D eigenvalue weighted by atomic mass is 9.87. The number of aryl methyl sites for hydroxylation is 1. The maximum Gasteiger partial charge on any atom is 0.0485 e. The van der Waals surface area contributed by atoms with Gasteiger partial charge in [0, 0.05) is 19.0 Å². The van der Waals surface area contributed by atoms with Gasteiger partial charge in [0.2, 0.25) is 0 Å². The van der Waals surface area contributed by atoms with Crippen molar-refractivity contribution in [2.75, 3.05) is 6.61 Å². The Kier molecular flexibility index (Phi) is 3.04. The molecular weight excluding hydrogens is 162 g/mol. The normalized spacial score (nSPS) is 11.7. The van der Waals surface area contributed by atoms with Gasteiger partial charge in [-0.2, -0.15) is 0 Å². The summed E-state index contributed by atoms with van der Waals surface area (Å²) < 4.78 is 0. The van der Waals surface area contributed by atoms with Crippen molar-refractivity contribution >= 4 is 0 Å². The van der Waals surface area contributed by atoms with Crippen molar-refractivity contribution in [3.05, 3.63) is 29.6 Å². The van der Waals surface area contributed by atoms with E-state index in [-0.39, 0.29) is 12.0 Å². The van der Waals surface area contributed by atoms with Crippen LogP contribution < -0.4 is 0 Å². The molecule has 0 aliphatic carbocycles. The molecule has 0 spiro atoms. The Bertz CT molecular complexity index is 281. The largest absolute Gasteiger partial charge is 0.396 e. The first-order valence-electron chi connectivity index (χ1n) is 4.55. The minimum atomic E-state index is -0.0462. The maximum atomic E-state index is 9.10. The molecule has 0 radical (unpaired) electrons. The van der Waals surface area contributed by atoms with Crippen molar-refractivity contribution in [1.29, 1.82) is 0 Å². The molecule has 0 unspecified atom stereocenters. The summed E-state index contributed by atoms with van der Waals surface area (Å²) in [5.41, 5.74) is 2.32. The first-order chi connectivity index (χ1) is 6.03. The van der Waals surface area contributed by atoms with Gasteiger partial charge in [-0.05, 0) is 29.9 Å². The second-order valence-corrected chi connectivity index (χ2v) is 4.37. The average molecular weight is 179 g/mol. The van der Waals surface area contributed by atoms with Crippen LogP contribution in [0.5, 0.6) is 0 Å². The van der Waals surface area contributed by atoms with Crippen LogP contribution in [0.2, 0.25) is 0 Å². The SMILES string of the molecule is Cc1cncc(CC(C)(C)CO)c1. The third-order valence-electron chi connectivity index (χ3n) is 2.04. The van der Waals surface area contributed by atoms with Crippen molar-refractivity contribution in [2.24, 2.45) is 5.41 Å². The smallest absolute Gasteiger partial charge is 0.0485 e. The van der Waals surface area contributed by atoms with Gasteiger partial charge in [0.1, 0.15) is 0 Å². The number of aliphatic hydroxyl groups is 1. The van der Waals surface area contributed by atoms with E-state index in [9.17, 15) is 0 Å². The fourth-order valence-electron chi connectivity index (χ4n) is 1.32. The molecule has 0 amide bonds. The quantitative estimate of drug-likeness (QED) is 0.769. The zero-order valence-corrected chi connectivity index (χ0v) is 8.54. The second-order valence-electron chi connectivity index (χ2n) is 4.37. The Hall–Kier alpha value is -0.890. The summed E-state index contributed by atoms with van der Waals surface area (Å²) in [5, 5.41) is 9.10. The highest BCUT2D eigenvalue weighted by atomic mass is 16.3. The number of aromatic nitrogens is 1. The molecule has 0 aliphatic rings. The number of aliphatic hydroxyl groups excluding tert-OH is 1. The van der Waals surface area contributed by atoms with Gasteiger partial charge in [0.05, 0.1) is 0 Å². The van der Waals surface area contributed by atoms with E-state index in [4.69, 9.17) is 5.11 Å². The highest BCUT2D eigenvalue weighted by Crippen LogP contribution is 2.20. The Morgan fingerprint density at radius 3 is 2.62 bits per heavy atom. The predicted octanol–water partition coefficient (Wildman–Crippen LogP) is 1.95. The van der Waals surface area contributed by atoms with E-state index in [1.807, 2.05) is 19.3 Å². The fourth-order valence-corrected chi connectivity index (χ4v) is 1.32. The Morgan fingerprint density at radius 1 is 1.38 bits per heavy atom. The highest BCUT2D eigenvalue weighted by Gasteiger charge is 2.16. The van der Waals surface area contributed by atoms with Crippen molar-refractivity contribution in [3.8, 4) is 0 Å². The van der Waals surface area contributed by atoms with Gasteiger partial charge in [-0.3, -0.25) is 4.98 Å². The number of hydrogen-bond donors (Lipinski definition) is 1. The van der Waals surface area contributed by atoms with Gasteiger partial charge in [-0.1, -0.05) is 19.9 Å². The van der Waals surface area contributed by atoms with Gasteiger partial charge in [0.25, 0.3) is 0 Å². The first-order valence-corrected chi connectivity index (χ1v) is 4.55. The van der Waals surface area contributed by atoms with Gasteiger partial charge in [-0.25, -0.2) is 0 Å². The molecule has 0 atom stereocenters. The molecular formula is C11H17NO. The van der Waals surface area contributed by atoms with E-state index < -0.39 is 0 Å². The summed E-state index contributed by atoms with van der Waals surface area (Å²) in [4.78, 5) is 4.12. The van der Waals surface area contributed by atoms with E-state index >= 15 is 0 Å². The minimum Gasteiger partial charge on any atom is -0.396 e. The molecule has 1 rings (SSSR count). The molecule has 2 heteroatoms. The van der Waals surface area contributed by atoms with Crippen LogP contribution in [0.15, 0.2) is 18.5 Å². The van der Waals surface area contributed by atoms with Crippen molar-refractivity contribution in [1.82, 2.24) is 4.98 Å². The van der Waals surface area contributed by atoms with E-state index in [0.29, 0.717) is 0 Å². The lowest BCUT2D eigenvalue weighted by Crippen LogP contribution is -2.19. The summed E-state index contributed by atoms with van der Waals surface area (Å²) in [7, 11) is 0. The lowest BCUT2D eigenvalue weighted by molar-refractivity contribution is 0.159. The summed E-state index contributed by atoms with van der Waals surface area (Å²) in [5.74, 6) is 0. The zero-order valence-electron chi connectivity index (χ0n) is 8.54. The number of pyridine rings is 1. The zero-order chi connectivity index (χ0) is 9.90. The standard InChI is InChI=1S/C11H17NO/c1-9-4-10(7-12-6-9)5-11(2,3)8-13/h4,6-7,13H,5,8H2,1-3H3. The minimum absolute atomic E-state index is 0.0462. The predicted molar refractivity (Wildman–Crippen MR) is 53.5 cm³/mol. The van der Waals surface area contributed by atoms with E-state index in [1.165, 1.54) is 11.1 Å². The van der Waals surface area contributed by atoms with Crippen LogP contribution in [0.1, 0.15) is 25.0 Å². The summed E-state index contributed by atoms with van der Waals surface area (Å²) >= 11 is 0. The number of rotatable bonds is 3. The third kappa shape index (κ3) is 3.15. The van der Waals surface area contributed by atoms with Crippen LogP contribution >= 0.6 is 0 Å². The molecule has 72 valence electrons. The maximum absolute atomic E-state index is 9.10. The Balaban J connectivity index is 2.74. The van der Waals surface area contributed by atoms with Crippen LogP contribution in [-0.2, 0) is 6.42 Å². The van der Waals surface area contributed by atoms with Crippen molar-refractivity contribution in [3.63, 3.8) is 0 Å². The van der Waals surface area contributed by atoms with Crippen LogP contribution in [0.25, 0.3) is 0 Å². The Labute approximate surface area is 79.6 Å². The average Bonchev–Trinajstić information content (AvgIpc) is 2.03. The van der Waals surface area contributed by atoms with Gasteiger partial charge in [-0.15, -0.1) is 0 Å². The highest BCUT2D eigenvalue weighted by molar-refractivity contribution is 5.17. The van der Waals surface area contributed by atoms with Crippen molar-refractivity contribution in [2.45, 2.75) is 27.2 Å². The second kappa shape index (κ2) is 3.88. The molecule has 1 aromatic heterocycles. The molecule has 0 saturated carbocycles. The third-order valence-corrected chi connectivity index (χ3v) is 2.04. The van der Waals surface area contributed by atoms with E-state index in [1.54, 1.807) is 0 Å². The Morgan fingerprint density at radius 2 is 2.08 bits per heavy atom. The van der Waals surface area contributed by atoms with Crippen LogP contribution in [0, 0.1) is 12.3 Å². The molecule has 13 heavy (non-hydrogen) atoms. The van der Waals surface area contributed by atoms with Crippen LogP contribution in [0.3, 0.4) is 0 Å². The van der Waals surface area contributed by atoms with Crippen LogP contribution in [-0.4, -0.2) is 16.7 Å². The molecule has 0 aromatic carbocycles. The topological polar surface area (TPSA) is 33.1 Å². The molecule has 0 fully saturated rings. The molecule has 2 nitrogen and oxygen atoms in total. The van der Waals surface area contributed by atoms with Gasteiger partial charge >= 0.3 is 0 Å². The first kappa shape index (κ1) is 10.2. The number of hydrogen-bond acceptors (Lipinski definition) is 2. The summed E-state index contributed by atoms with van der Waals surface area (Å²) in [6, 6.07) is 2.12.